The molecule has 2 rings (SSSR count). The molecule has 1 aromatic heterocycles. The van der Waals surface area contributed by atoms with Crippen LogP contribution >= 0.6 is 11.6 Å². The Bertz CT molecular complexity index is 466. The molecule has 1 aliphatic heterocycles. The standard InChI is InChI=1S/C11H18ClN5OS/c1-8(7-19(2)18)13-10-14-9(12)15-11(16-10)17-5-3-4-6-17/h8H,3-7H2,1-2H3,(H,13,14,15,16). The van der Waals surface area contributed by atoms with E-state index in [-0.39, 0.29) is 11.3 Å². The van der Waals surface area contributed by atoms with Crippen molar-refractivity contribution in [1.82, 2.24) is 15.0 Å². The normalized spacial score (nSPS) is 18.4. The van der Waals surface area contributed by atoms with Crippen molar-refractivity contribution in [3.63, 3.8) is 0 Å². The van der Waals surface area contributed by atoms with E-state index in [1.165, 1.54) is 0 Å². The number of anilines is 2. The van der Waals surface area contributed by atoms with Gasteiger partial charge in [-0.3, -0.25) is 4.21 Å². The van der Waals surface area contributed by atoms with Gasteiger partial charge in [-0.2, -0.15) is 15.0 Å². The molecule has 1 aromatic rings. The van der Waals surface area contributed by atoms with Crippen LogP contribution in [0.1, 0.15) is 19.8 Å². The van der Waals surface area contributed by atoms with E-state index >= 15 is 0 Å². The van der Waals surface area contributed by atoms with Crippen molar-refractivity contribution in [2.45, 2.75) is 25.8 Å². The summed E-state index contributed by atoms with van der Waals surface area (Å²) < 4.78 is 11.2. The van der Waals surface area contributed by atoms with Gasteiger partial charge in [0.2, 0.25) is 17.2 Å². The minimum Gasteiger partial charge on any atom is -0.351 e. The van der Waals surface area contributed by atoms with Crippen LogP contribution in [0.25, 0.3) is 0 Å². The van der Waals surface area contributed by atoms with Gasteiger partial charge in [-0.25, -0.2) is 0 Å². The molecule has 0 bridgehead atoms. The Balaban J connectivity index is 2.09. The molecule has 1 fully saturated rings. The minimum absolute atomic E-state index is 0.0238. The Hall–Kier alpha value is -0.950. The lowest BCUT2D eigenvalue weighted by Gasteiger charge is -2.17. The molecule has 0 radical (unpaired) electrons. The van der Waals surface area contributed by atoms with Crippen LogP contribution in [0.2, 0.25) is 5.28 Å². The molecule has 19 heavy (non-hydrogen) atoms. The van der Waals surface area contributed by atoms with Gasteiger partial charge in [-0.05, 0) is 31.4 Å². The summed E-state index contributed by atoms with van der Waals surface area (Å²) >= 11 is 5.93. The number of nitrogens with one attached hydrogen (secondary N) is 1. The van der Waals surface area contributed by atoms with Gasteiger partial charge in [0, 0.05) is 41.9 Å². The zero-order chi connectivity index (χ0) is 13.8. The van der Waals surface area contributed by atoms with Crippen LogP contribution in [-0.4, -0.2) is 50.3 Å². The van der Waals surface area contributed by atoms with E-state index in [2.05, 4.69) is 25.2 Å². The van der Waals surface area contributed by atoms with Gasteiger partial charge in [0.15, 0.2) is 0 Å². The van der Waals surface area contributed by atoms with Crippen LogP contribution in [0.4, 0.5) is 11.9 Å². The Morgan fingerprint density at radius 2 is 2.05 bits per heavy atom. The maximum Gasteiger partial charge on any atom is 0.231 e. The van der Waals surface area contributed by atoms with Crippen molar-refractivity contribution in [2.24, 2.45) is 0 Å². The fourth-order valence-corrected chi connectivity index (χ4v) is 3.02. The molecule has 6 nitrogen and oxygen atoms in total. The molecule has 106 valence electrons. The predicted molar refractivity (Wildman–Crippen MR) is 78.3 cm³/mol. The Labute approximate surface area is 120 Å². The summed E-state index contributed by atoms with van der Waals surface area (Å²) in [4.78, 5) is 14.7. The average molecular weight is 304 g/mol. The second kappa shape index (κ2) is 6.47. The molecule has 1 N–H and O–H groups in total. The molecule has 1 aliphatic rings. The Morgan fingerprint density at radius 1 is 1.37 bits per heavy atom. The summed E-state index contributed by atoms with van der Waals surface area (Å²) in [7, 11) is -0.859. The van der Waals surface area contributed by atoms with E-state index in [0.29, 0.717) is 17.6 Å². The molecule has 0 amide bonds. The summed E-state index contributed by atoms with van der Waals surface area (Å²) in [5.41, 5.74) is 0. The smallest absolute Gasteiger partial charge is 0.231 e. The van der Waals surface area contributed by atoms with Crippen molar-refractivity contribution < 1.29 is 4.21 Å². The first-order valence-corrected chi connectivity index (χ1v) is 8.38. The van der Waals surface area contributed by atoms with Gasteiger partial charge >= 0.3 is 0 Å². The molecule has 0 aromatic carbocycles. The van der Waals surface area contributed by atoms with E-state index in [0.717, 1.165) is 25.9 Å². The second-order valence-electron chi connectivity index (χ2n) is 4.71. The molecule has 8 heteroatoms. The maximum atomic E-state index is 11.2. The quantitative estimate of drug-likeness (QED) is 0.884. The first-order chi connectivity index (χ1) is 9.04. The van der Waals surface area contributed by atoms with Gasteiger partial charge in [-0.1, -0.05) is 0 Å². The fourth-order valence-electron chi connectivity index (χ4n) is 2.08. The van der Waals surface area contributed by atoms with Crippen molar-refractivity contribution >= 4 is 34.3 Å². The molecular formula is C11H18ClN5OS. The van der Waals surface area contributed by atoms with Gasteiger partial charge in [0.1, 0.15) is 0 Å². The minimum atomic E-state index is -0.859. The van der Waals surface area contributed by atoms with E-state index in [4.69, 9.17) is 11.6 Å². The van der Waals surface area contributed by atoms with Crippen LogP contribution in [-0.2, 0) is 10.8 Å². The van der Waals surface area contributed by atoms with E-state index in [1.54, 1.807) is 6.26 Å². The molecule has 0 saturated carbocycles. The van der Waals surface area contributed by atoms with Crippen LogP contribution in [0, 0.1) is 0 Å². The summed E-state index contributed by atoms with van der Waals surface area (Å²) in [5.74, 6) is 1.60. The number of nitrogens with zero attached hydrogens (tertiary/aromatic N) is 4. The average Bonchev–Trinajstić information content (AvgIpc) is 2.79. The molecular weight excluding hydrogens is 286 g/mol. The largest absolute Gasteiger partial charge is 0.351 e. The van der Waals surface area contributed by atoms with Crippen molar-refractivity contribution in [3.05, 3.63) is 5.28 Å². The number of hydrogen-bond acceptors (Lipinski definition) is 6. The first-order valence-electron chi connectivity index (χ1n) is 6.27. The lowest BCUT2D eigenvalue weighted by atomic mass is 10.4. The third-order valence-corrected chi connectivity index (χ3v) is 3.98. The summed E-state index contributed by atoms with van der Waals surface area (Å²) in [6.45, 7) is 3.84. The molecule has 1 saturated heterocycles. The number of aromatic nitrogens is 3. The Kier molecular flexibility index (Phi) is 4.93. The molecule has 0 spiro atoms. The maximum absolute atomic E-state index is 11.2. The SMILES string of the molecule is CC(CS(C)=O)Nc1nc(Cl)nc(N2CCCC2)n1. The van der Waals surface area contributed by atoms with Crippen molar-refractivity contribution in [1.29, 1.82) is 0 Å². The molecule has 0 aliphatic carbocycles. The summed E-state index contributed by atoms with van der Waals surface area (Å²) in [6, 6.07) is 0.0238. The highest BCUT2D eigenvalue weighted by Gasteiger charge is 2.17. The highest BCUT2D eigenvalue weighted by molar-refractivity contribution is 7.84. The summed E-state index contributed by atoms with van der Waals surface area (Å²) in [6.07, 6.45) is 3.97. The second-order valence-corrected chi connectivity index (χ2v) is 6.53. The molecule has 2 unspecified atom stereocenters. The van der Waals surface area contributed by atoms with Crippen LogP contribution in [0.5, 0.6) is 0 Å². The van der Waals surface area contributed by atoms with Crippen molar-refractivity contribution in [3.8, 4) is 0 Å². The monoisotopic (exact) mass is 303 g/mol. The van der Waals surface area contributed by atoms with Gasteiger partial charge in [0.05, 0.1) is 0 Å². The number of hydrogen-bond donors (Lipinski definition) is 1. The fraction of sp³-hybridized carbons (Fsp3) is 0.727. The third-order valence-electron chi connectivity index (χ3n) is 2.85. The Morgan fingerprint density at radius 3 is 2.68 bits per heavy atom. The van der Waals surface area contributed by atoms with Gasteiger partial charge in [0.25, 0.3) is 0 Å². The summed E-state index contributed by atoms with van der Waals surface area (Å²) in [5, 5.41) is 3.30. The lowest BCUT2D eigenvalue weighted by molar-refractivity contribution is 0.682. The van der Waals surface area contributed by atoms with E-state index in [1.807, 2.05) is 6.92 Å². The van der Waals surface area contributed by atoms with Crippen molar-refractivity contribution in [2.75, 3.05) is 35.3 Å². The van der Waals surface area contributed by atoms with Gasteiger partial charge in [-0.15, -0.1) is 0 Å². The lowest BCUT2D eigenvalue weighted by Crippen LogP contribution is -2.25. The van der Waals surface area contributed by atoms with Crippen LogP contribution in [0.3, 0.4) is 0 Å². The highest BCUT2D eigenvalue weighted by Crippen LogP contribution is 2.18. The molecule has 2 atom stereocenters. The zero-order valence-corrected chi connectivity index (χ0v) is 12.7. The predicted octanol–water partition coefficient (Wildman–Crippen LogP) is 1.30. The number of rotatable bonds is 5. The van der Waals surface area contributed by atoms with Crippen LogP contribution in [0.15, 0.2) is 0 Å². The van der Waals surface area contributed by atoms with E-state index < -0.39 is 10.8 Å². The zero-order valence-electron chi connectivity index (χ0n) is 11.1. The first kappa shape index (κ1) is 14.5. The van der Waals surface area contributed by atoms with E-state index in [9.17, 15) is 4.21 Å². The van der Waals surface area contributed by atoms with Gasteiger partial charge < -0.3 is 10.2 Å². The van der Waals surface area contributed by atoms with Crippen LogP contribution < -0.4 is 10.2 Å². The third kappa shape index (κ3) is 4.28. The topological polar surface area (TPSA) is 71.0 Å². The number of halogens is 1. The molecule has 2 heterocycles. The highest BCUT2D eigenvalue weighted by atomic mass is 35.5.